The maximum Gasteiger partial charge on any atom is 0.263 e. The van der Waals surface area contributed by atoms with E-state index in [1.54, 1.807) is 11.8 Å². The number of aryl methyl sites for hydroxylation is 1. The lowest BCUT2D eigenvalue weighted by molar-refractivity contribution is 0.102. The van der Waals surface area contributed by atoms with E-state index in [0.717, 1.165) is 6.42 Å². The molecule has 0 atom stereocenters. The quantitative estimate of drug-likeness (QED) is 0.788. The van der Waals surface area contributed by atoms with E-state index in [1.807, 2.05) is 6.92 Å². The molecule has 1 aliphatic rings. The topological polar surface area (TPSA) is 84.3 Å². The Morgan fingerprint density at radius 3 is 2.74 bits per heavy atom. The van der Waals surface area contributed by atoms with Gasteiger partial charge in [0.05, 0.1) is 5.56 Å². The summed E-state index contributed by atoms with van der Waals surface area (Å²) in [6.45, 7) is 3.20. The number of anilines is 1. The summed E-state index contributed by atoms with van der Waals surface area (Å²) in [5, 5.41) is 6.47. The predicted octanol–water partition coefficient (Wildman–Crippen LogP) is 2.42. The van der Waals surface area contributed by atoms with Crippen molar-refractivity contribution in [3.05, 3.63) is 41.8 Å². The van der Waals surface area contributed by atoms with Crippen molar-refractivity contribution in [1.82, 2.24) is 14.1 Å². The second-order valence-corrected chi connectivity index (χ2v) is 9.17. The van der Waals surface area contributed by atoms with Crippen molar-refractivity contribution in [2.75, 3.05) is 29.9 Å². The lowest BCUT2D eigenvalue weighted by Crippen LogP contribution is -2.38. The van der Waals surface area contributed by atoms with Gasteiger partial charge < -0.3 is 5.32 Å². The van der Waals surface area contributed by atoms with E-state index in [-0.39, 0.29) is 16.3 Å². The number of sulfonamides is 1. The van der Waals surface area contributed by atoms with Gasteiger partial charge >= 0.3 is 0 Å². The number of benzene rings is 1. The summed E-state index contributed by atoms with van der Waals surface area (Å²) in [6, 6.07) is 5.44. The Balaban J connectivity index is 1.95. The number of nitrogens with zero attached hydrogens (tertiary/aromatic N) is 3. The number of halogens is 1. The van der Waals surface area contributed by atoms with Gasteiger partial charge in [0.15, 0.2) is 0 Å². The molecule has 146 valence electrons. The molecule has 1 N–H and O–H groups in total. The lowest BCUT2D eigenvalue weighted by atomic mass is 10.3. The van der Waals surface area contributed by atoms with Gasteiger partial charge in [0.25, 0.3) is 15.9 Å². The lowest BCUT2D eigenvalue weighted by Gasteiger charge is -2.24. The molecule has 10 heteroatoms. The molecule has 3 rings (SSSR count). The summed E-state index contributed by atoms with van der Waals surface area (Å²) in [5.74, 6) is 0.292. The van der Waals surface area contributed by atoms with E-state index in [1.165, 1.54) is 39.4 Å². The fourth-order valence-electron chi connectivity index (χ4n) is 2.77. The summed E-state index contributed by atoms with van der Waals surface area (Å²) in [6.07, 6.45) is 2.18. The van der Waals surface area contributed by atoms with Crippen LogP contribution in [0.2, 0.25) is 0 Å². The molecule has 1 aromatic heterocycles. The van der Waals surface area contributed by atoms with Crippen molar-refractivity contribution in [3.8, 4) is 0 Å². The fraction of sp³-hybridized carbons (Fsp3) is 0.412. The zero-order valence-electron chi connectivity index (χ0n) is 14.9. The summed E-state index contributed by atoms with van der Waals surface area (Å²) in [7, 11) is -3.88. The molecule has 0 radical (unpaired) electrons. The molecule has 1 fully saturated rings. The maximum absolute atomic E-state index is 13.4. The second-order valence-electron chi connectivity index (χ2n) is 6.09. The van der Waals surface area contributed by atoms with Crippen molar-refractivity contribution in [2.24, 2.45) is 0 Å². The van der Waals surface area contributed by atoms with Crippen LogP contribution in [0.3, 0.4) is 0 Å². The first-order chi connectivity index (χ1) is 12.9. The van der Waals surface area contributed by atoms with Gasteiger partial charge in [-0.1, -0.05) is 13.0 Å². The van der Waals surface area contributed by atoms with E-state index in [4.69, 9.17) is 0 Å². The highest BCUT2D eigenvalue weighted by Gasteiger charge is 2.33. The minimum Gasteiger partial charge on any atom is -0.322 e. The number of aromatic nitrogens is 2. The van der Waals surface area contributed by atoms with Crippen molar-refractivity contribution in [1.29, 1.82) is 0 Å². The summed E-state index contributed by atoms with van der Waals surface area (Å²) in [4.78, 5) is 12.7. The van der Waals surface area contributed by atoms with Crippen molar-refractivity contribution >= 4 is 33.4 Å². The average Bonchev–Trinajstić information content (AvgIpc) is 3.08. The van der Waals surface area contributed by atoms with Crippen LogP contribution in [0.25, 0.3) is 0 Å². The molecule has 7 nitrogen and oxygen atoms in total. The molecule has 0 bridgehead atoms. The molecular weight excluding hydrogens is 391 g/mol. The second kappa shape index (κ2) is 8.41. The number of nitrogens with one attached hydrogen (secondary N) is 1. The molecule has 1 aliphatic heterocycles. The highest BCUT2D eigenvalue weighted by atomic mass is 32.2. The van der Waals surface area contributed by atoms with E-state index in [9.17, 15) is 17.6 Å². The zero-order valence-corrected chi connectivity index (χ0v) is 16.5. The molecule has 2 aromatic rings. The minimum absolute atomic E-state index is 0.0362. The molecule has 2 heterocycles. The maximum atomic E-state index is 13.4. The molecule has 1 amide bonds. The van der Waals surface area contributed by atoms with Gasteiger partial charge in [-0.2, -0.15) is 21.2 Å². The largest absolute Gasteiger partial charge is 0.322 e. The SMILES string of the molecule is CCCn1cc(C(=O)Nc2cccc(F)c2)c(S(=O)(=O)N2CCSCC2)n1. The first-order valence-electron chi connectivity index (χ1n) is 8.64. The molecular formula is C17H21FN4O3S2. The van der Waals surface area contributed by atoms with Crippen molar-refractivity contribution < 1.29 is 17.6 Å². The third-order valence-electron chi connectivity index (χ3n) is 4.06. The van der Waals surface area contributed by atoms with E-state index in [0.29, 0.717) is 31.1 Å². The molecule has 0 saturated carbocycles. The van der Waals surface area contributed by atoms with Gasteiger partial charge in [-0.3, -0.25) is 9.48 Å². The summed E-state index contributed by atoms with van der Waals surface area (Å²) < 4.78 is 42.3. The number of carbonyl (C=O) groups is 1. The normalized spacial score (nSPS) is 15.6. The standard InChI is InChI=1S/C17H21FN4O3S2/c1-2-6-21-12-15(16(23)19-14-5-3-4-13(18)11-14)17(20-21)27(24,25)22-7-9-26-10-8-22/h3-5,11-12H,2,6-10H2,1H3,(H,19,23). The first kappa shape index (κ1) is 19.8. The number of hydrogen-bond donors (Lipinski definition) is 1. The van der Waals surface area contributed by atoms with Crippen molar-refractivity contribution in [3.63, 3.8) is 0 Å². The van der Waals surface area contributed by atoms with Crippen LogP contribution < -0.4 is 5.32 Å². The molecule has 0 spiro atoms. The Morgan fingerprint density at radius 2 is 2.07 bits per heavy atom. The van der Waals surface area contributed by atoms with E-state index >= 15 is 0 Å². The number of amides is 1. The van der Waals surface area contributed by atoms with E-state index < -0.39 is 21.7 Å². The molecule has 0 unspecified atom stereocenters. The Labute approximate surface area is 162 Å². The Bertz CT molecular complexity index is 924. The first-order valence-corrected chi connectivity index (χ1v) is 11.2. The van der Waals surface area contributed by atoms with Crippen LogP contribution in [0.15, 0.2) is 35.5 Å². The third-order valence-corrected chi connectivity index (χ3v) is 6.84. The number of rotatable bonds is 6. The highest BCUT2D eigenvalue weighted by molar-refractivity contribution is 7.99. The van der Waals surface area contributed by atoms with Gasteiger partial charge in [0.1, 0.15) is 5.82 Å². The predicted molar refractivity (Wildman–Crippen MR) is 103 cm³/mol. The van der Waals surface area contributed by atoms with E-state index in [2.05, 4.69) is 10.4 Å². The van der Waals surface area contributed by atoms with Crippen LogP contribution in [0.1, 0.15) is 23.7 Å². The molecule has 1 aromatic carbocycles. The number of hydrogen-bond acceptors (Lipinski definition) is 5. The van der Waals surface area contributed by atoms with Crippen LogP contribution in [0, 0.1) is 5.82 Å². The van der Waals surface area contributed by atoms with Gasteiger partial charge in [-0.05, 0) is 24.6 Å². The van der Waals surface area contributed by atoms with Crippen LogP contribution in [-0.2, 0) is 16.6 Å². The third kappa shape index (κ3) is 4.50. The highest BCUT2D eigenvalue weighted by Crippen LogP contribution is 2.23. The van der Waals surface area contributed by atoms with Crippen molar-refractivity contribution in [2.45, 2.75) is 24.9 Å². The number of thioether (sulfide) groups is 1. The number of carbonyl (C=O) groups excluding carboxylic acids is 1. The molecule has 1 saturated heterocycles. The summed E-state index contributed by atoms with van der Waals surface area (Å²) >= 11 is 1.69. The van der Waals surface area contributed by atoms with Crippen LogP contribution in [0.4, 0.5) is 10.1 Å². The minimum atomic E-state index is -3.88. The zero-order chi connectivity index (χ0) is 19.4. The molecule has 0 aliphatic carbocycles. The Hall–Kier alpha value is -1.91. The van der Waals surface area contributed by atoms with Gasteiger partial charge in [0.2, 0.25) is 5.03 Å². The van der Waals surface area contributed by atoms with Crippen LogP contribution in [-0.4, -0.2) is 53.0 Å². The Morgan fingerprint density at radius 1 is 1.33 bits per heavy atom. The van der Waals surface area contributed by atoms with Gasteiger partial charge in [0, 0.05) is 43.0 Å². The summed E-state index contributed by atoms with van der Waals surface area (Å²) in [5.41, 5.74) is 0.215. The van der Waals surface area contributed by atoms with Crippen LogP contribution in [0.5, 0.6) is 0 Å². The fourth-order valence-corrected chi connectivity index (χ4v) is 5.44. The van der Waals surface area contributed by atoms with Gasteiger partial charge in [-0.15, -0.1) is 0 Å². The van der Waals surface area contributed by atoms with Gasteiger partial charge in [-0.25, -0.2) is 12.8 Å². The monoisotopic (exact) mass is 412 g/mol. The molecule has 27 heavy (non-hydrogen) atoms. The smallest absolute Gasteiger partial charge is 0.263 e. The Kier molecular flexibility index (Phi) is 6.18. The average molecular weight is 413 g/mol. The van der Waals surface area contributed by atoms with Crippen LogP contribution >= 0.6 is 11.8 Å².